The van der Waals surface area contributed by atoms with Gasteiger partial charge in [-0.25, -0.2) is 0 Å². The lowest BCUT2D eigenvalue weighted by Crippen LogP contribution is -1.90. The molecule has 17 heavy (non-hydrogen) atoms. The van der Waals surface area contributed by atoms with Crippen LogP contribution in [-0.2, 0) is 0 Å². The van der Waals surface area contributed by atoms with Crippen LogP contribution in [0.25, 0.3) is 11.3 Å². The summed E-state index contributed by atoms with van der Waals surface area (Å²) in [7, 11) is 0. The fourth-order valence-corrected chi connectivity index (χ4v) is 2.24. The summed E-state index contributed by atoms with van der Waals surface area (Å²) in [5, 5.41) is 1.47. The Morgan fingerprint density at radius 1 is 0.941 bits per heavy atom. The molecular weight excluding hydrogens is 277 g/mol. The lowest BCUT2D eigenvalue weighted by atomic mass is 10.1. The first-order valence-corrected chi connectivity index (χ1v) is 6.21. The van der Waals surface area contributed by atoms with Crippen molar-refractivity contribution in [3.8, 4) is 11.3 Å². The molecule has 0 bridgehead atoms. The molecular formula is C13H10Cl3N. The summed E-state index contributed by atoms with van der Waals surface area (Å²) in [6.45, 7) is 4.03. The first-order chi connectivity index (χ1) is 8.00. The van der Waals surface area contributed by atoms with E-state index in [0.29, 0.717) is 20.6 Å². The Kier molecular flexibility index (Phi) is 3.62. The third-order valence-electron chi connectivity index (χ3n) is 2.67. The molecule has 1 aromatic carbocycles. The number of hydrogen-bond acceptors (Lipinski definition) is 1. The maximum Gasteiger partial charge on any atom is 0.0735 e. The molecule has 0 amide bonds. The van der Waals surface area contributed by atoms with Gasteiger partial charge in [-0.2, -0.15) is 0 Å². The van der Waals surface area contributed by atoms with Gasteiger partial charge in [0, 0.05) is 11.8 Å². The minimum absolute atomic E-state index is 0.440. The van der Waals surface area contributed by atoms with Crippen molar-refractivity contribution in [1.29, 1.82) is 0 Å². The highest BCUT2D eigenvalue weighted by molar-refractivity contribution is 6.46. The van der Waals surface area contributed by atoms with Gasteiger partial charge in [0.15, 0.2) is 0 Å². The summed E-state index contributed by atoms with van der Waals surface area (Å²) < 4.78 is 0. The van der Waals surface area contributed by atoms with Gasteiger partial charge in [0.25, 0.3) is 0 Å². The van der Waals surface area contributed by atoms with Gasteiger partial charge in [-0.1, -0.05) is 34.8 Å². The molecule has 2 aromatic rings. The van der Waals surface area contributed by atoms with Crippen LogP contribution in [0, 0.1) is 13.8 Å². The predicted octanol–water partition coefficient (Wildman–Crippen LogP) is 5.33. The fourth-order valence-electron chi connectivity index (χ4n) is 1.52. The third kappa shape index (κ3) is 2.42. The average Bonchev–Trinajstić information content (AvgIpc) is 2.29. The second kappa shape index (κ2) is 4.85. The zero-order chi connectivity index (χ0) is 12.6. The Hall–Kier alpha value is -0.760. The quantitative estimate of drug-likeness (QED) is 0.646. The van der Waals surface area contributed by atoms with Crippen LogP contribution in [0.1, 0.15) is 11.1 Å². The third-order valence-corrected chi connectivity index (χ3v) is 3.79. The van der Waals surface area contributed by atoms with Crippen LogP contribution in [0.3, 0.4) is 0 Å². The molecule has 0 aliphatic rings. The van der Waals surface area contributed by atoms with Gasteiger partial charge in [0.2, 0.25) is 0 Å². The van der Waals surface area contributed by atoms with E-state index in [1.807, 2.05) is 19.9 Å². The van der Waals surface area contributed by atoms with Crippen LogP contribution < -0.4 is 0 Å². The van der Waals surface area contributed by atoms with Crippen molar-refractivity contribution in [2.75, 3.05) is 0 Å². The largest absolute Gasteiger partial charge is 0.256 e. The van der Waals surface area contributed by atoms with Gasteiger partial charge < -0.3 is 0 Å². The lowest BCUT2D eigenvalue weighted by molar-refractivity contribution is 1.22. The summed E-state index contributed by atoms with van der Waals surface area (Å²) in [4.78, 5) is 4.34. The minimum atomic E-state index is 0.440. The summed E-state index contributed by atoms with van der Waals surface area (Å²) in [6.07, 6.45) is 1.80. The van der Waals surface area contributed by atoms with Gasteiger partial charge in [0.05, 0.1) is 20.8 Å². The summed E-state index contributed by atoms with van der Waals surface area (Å²) in [5.74, 6) is 0. The normalized spacial score (nSPS) is 10.6. The van der Waals surface area contributed by atoms with Crippen LogP contribution in [-0.4, -0.2) is 4.98 Å². The molecule has 88 valence electrons. The molecule has 0 aliphatic heterocycles. The number of benzene rings is 1. The number of pyridine rings is 1. The highest BCUT2D eigenvalue weighted by Crippen LogP contribution is 2.38. The lowest BCUT2D eigenvalue weighted by Gasteiger charge is -2.09. The monoisotopic (exact) mass is 285 g/mol. The number of aromatic nitrogens is 1. The van der Waals surface area contributed by atoms with Gasteiger partial charge in [-0.05, 0) is 43.2 Å². The van der Waals surface area contributed by atoms with Crippen molar-refractivity contribution in [2.45, 2.75) is 13.8 Å². The van der Waals surface area contributed by atoms with Crippen LogP contribution in [0.2, 0.25) is 15.1 Å². The highest BCUT2D eigenvalue weighted by Gasteiger charge is 2.13. The second-order valence-electron chi connectivity index (χ2n) is 3.87. The predicted molar refractivity (Wildman–Crippen MR) is 74.2 cm³/mol. The zero-order valence-electron chi connectivity index (χ0n) is 9.39. The number of hydrogen-bond donors (Lipinski definition) is 0. The van der Waals surface area contributed by atoms with Crippen molar-refractivity contribution in [3.05, 3.63) is 50.6 Å². The Morgan fingerprint density at radius 3 is 2.24 bits per heavy atom. The van der Waals surface area contributed by atoms with Crippen LogP contribution in [0.5, 0.6) is 0 Å². The van der Waals surface area contributed by atoms with Gasteiger partial charge >= 0.3 is 0 Å². The molecule has 2 rings (SSSR count). The van der Waals surface area contributed by atoms with Crippen LogP contribution in [0.4, 0.5) is 0 Å². The molecule has 4 heteroatoms. The number of halogens is 3. The van der Waals surface area contributed by atoms with Gasteiger partial charge in [-0.15, -0.1) is 0 Å². The Labute approximate surface area is 115 Å². The minimum Gasteiger partial charge on any atom is -0.256 e. The van der Waals surface area contributed by atoms with E-state index in [-0.39, 0.29) is 0 Å². The first kappa shape index (κ1) is 12.7. The SMILES string of the molecule is Cc1cnc(-c2c(Cl)ccc(Cl)c2Cl)cc1C. The zero-order valence-corrected chi connectivity index (χ0v) is 11.7. The van der Waals surface area contributed by atoms with Crippen LogP contribution >= 0.6 is 34.8 Å². The average molecular weight is 287 g/mol. The van der Waals surface area contributed by atoms with E-state index in [4.69, 9.17) is 34.8 Å². The standard InChI is InChI=1S/C13H10Cl3N/c1-7-5-11(17-6-8(7)2)12-9(14)3-4-10(15)13(12)16/h3-6H,1-2H3. The molecule has 0 radical (unpaired) electrons. The number of nitrogens with zero attached hydrogens (tertiary/aromatic N) is 1. The second-order valence-corrected chi connectivity index (χ2v) is 5.06. The summed E-state index contributed by atoms with van der Waals surface area (Å²) in [5.41, 5.74) is 3.69. The summed E-state index contributed by atoms with van der Waals surface area (Å²) in [6, 6.07) is 5.36. The van der Waals surface area contributed by atoms with E-state index < -0.39 is 0 Å². The van der Waals surface area contributed by atoms with E-state index in [1.54, 1.807) is 18.3 Å². The van der Waals surface area contributed by atoms with E-state index in [1.165, 1.54) is 0 Å². The molecule has 1 nitrogen and oxygen atoms in total. The summed E-state index contributed by atoms with van der Waals surface area (Å²) >= 11 is 18.3. The maximum absolute atomic E-state index is 6.17. The van der Waals surface area contributed by atoms with E-state index in [2.05, 4.69) is 4.98 Å². The molecule has 0 spiro atoms. The molecule has 0 aliphatic carbocycles. The van der Waals surface area contributed by atoms with Crippen molar-refractivity contribution in [1.82, 2.24) is 4.98 Å². The van der Waals surface area contributed by atoms with Gasteiger partial charge in [0.1, 0.15) is 0 Å². The van der Waals surface area contributed by atoms with E-state index in [0.717, 1.165) is 16.8 Å². The van der Waals surface area contributed by atoms with Crippen molar-refractivity contribution in [2.24, 2.45) is 0 Å². The van der Waals surface area contributed by atoms with E-state index >= 15 is 0 Å². The molecule has 1 aromatic heterocycles. The molecule has 0 saturated carbocycles. The smallest absolute Gasteiger partial charge is 0.0735 e. The van der Waals surface area contributed by atoms with Crippen molar-refractivity contribution in [3.63, 3.8) is 0 Å². The van der Waals surface area contributed by atoms with Crippen molar-refractivity contribution < 1.29 is 0 Å². The Balaban J connectivity index is 2.68. The molecule has 0 N–H and O–H groups in total. The molecule has 0 saturated heterocycles. The number of rotatable bonds is 1. The van der Waals surface area contributed by atoms with Crippen molar-refractivity contribution >= 4 is 34.8 Å². The van der Waals surface area contributed by atoms with Crippen LogP contribution in [0.15, 0.2) is 24.4 Å². The first-order valence-electron chi connectivity index (χ1n) is 5.08. The highest BCUT2D eigenvalue weighted by atomic mass is 35.5. The number of aryl methyl sites for hydroxylation is 2. The Morgan fingerprint density at radius 2 is 1.59 bits per heavy atom. The maximum atomic E-state index is 6.17. The molecule has 0 atom stereocenters. The van der Waals surface area contributed by atoms with Gasteiger partial charge in [-0.3, -0.25) is 4.98 Å². The molecule has 0 unspecified atom stereocenters. The van der Waals surface area contributed by atoms with E-state index in [9.17, 15) is 0 Å². The Bertz CT molecular complexity index is 579. The molecule has 0 fully saturated rings. The fraction of sp³-hybridized carbons (Fsp3) is 0.154. The topological polar surface area (TPSA) is 12.9 Å². The molecule has 1 heterocycles.